The number of imide groups is 1. The zero-order valence-electron chi connectivity index (χ0n) is 16.1. The first kappa shape index (κ1) is 21.5. The van der Waals surface area contributed by atoms with Gasteiger partial charge in [0.05, 0.1) is 23.3 Å². The first-order chi connectivity index (χ1) is 14.2. The number of urea groups is 1. The monoisotopic (exact) mass is 435 g/mol. The second-order valence-corrected chi connectivity index (χ2v) is 8.52. The molecule has 1 saturated carbocycles. The molecule has 3 rings (SSSR count). The van der Waals surface area contributed by atoms with Crippen molar-refractivity contribution in [3.8, 4) is 0 Å². The fraction of sp³-hybridized carbons (Fsp3) is 0.316. The molecule has 0 bridgehead atoms. The van der Waals surface area contributed by atoms with Crippen LogP contribution in [0.2, 0.25) is 0 Å². The minimum atomic E-state index is -3.91. The van der Waals surface area contributed by atoms with Gasteiger partial charge in [-0.2, -0.15) is 0 Å². The van der Waals surface area contributed by atoms with Gasteiger partial charge in [0.15, 0.2) is 6.61 Å². The number of hydrogen-bond acceptors (Lipinski definition) is 7. The van der Waals surface area contributed by atoms with Gasteiger partial charge in [0.1, 0.15) is 5.76 Å². The van der Waals surface area contributed by atoms with E-state index >= 15 is 0 Å². The normalized spacial score (nSPS) is 13.5. The van der Waals surface area contributed by atoms with Gasteiger partial charge in [-0.05, 0) is 49.6 Å². The second-order valence-electron chi connectivity index (χ2n) is 6.75. The van der Waals surface area contributed by atoms with Crippen LogP contribution in [0.5, 0.6) is 0 Å². The Morgan fingerprint density at radius 3 is 2.63 bits per heavy atom. The molecule has 0 aliphatic heterocycles. The van der Waals surface area contributed by atoms with Gasteiger partial charge in [-0.25, -0.2) is 22.7 Å². The lowest BCUT2D eigenvalue weighted by Gasteiger charge is -2.10. The number of ether oxygens (including phenoxy) is 1. The molecule has 1 aliphatic carbocycles. The van der Waals surface area contributed by atoms with E-state index in [2.05, 4.69) is 15.4 Å². The summed E-state index contributed by atoms with van der Waals surface area (Å²) in [5.41, 5.74) is 0.461. The van der Waals surface area contributed by atoms with Gasteiger partial charge >= 0.3 is 12.0 Å². The molecule has 0 saturated heterocycles. The average molecular weight is 435 g/mol. The maximum absolute atomic E-state index is 12.5. The summed E-state index contributed by atoms with van der Waals surface area (Å²) in [6.07, 6.45) is 3.16. The maximum Gasteiger partial charge on any atom is 0.338 e. The number of nitrogens with one attached hydrogen (secondary N) is 3. The van der Waals surface area contributed by atoms with Crippen molar-refractivity contribution in [3.63, 3.8) is 0 Å². The molecular formula is C19H21N3O7S. The van der Waals surface area contributed by atoms with E-state index in [0.717, 1.165) is 12.8 Å². The zero-order chi connectivity index (χ0) is 21.7. The third-order valence-corrected chi connectivity index (χ3v) is 5.65. The number of carbonyl (C=O) groups is 3. The third-order valence-electron chi connectivity index (χ3n) is 4.26. The van der Waals surface area contributed by atoms with Crippen LogP contribution in [-0.2, 0) is 26.1 Å². The predicted octanol–water partition coefficient (Wildman–Crippen LogP) is 1.21. The van der Waals surface area contributed by atoms with Gasteiger partial charge in [0.2, 0.25) is 10.0 Å². The first-order valence-corrected chi connectivity index (χ1v) is 10.6. The van der Waals surface area contributed by atoms with Gasteiger partial charge in [-0.3, -0.25) is 10.1 Å². The smallest absolute Gasteiger partial charge is 0.338 e. The molecule has 1 heterocycles. The summed E-state index contributed by atoms with van der Waals surface area (Å²) < 4.78 is 37.3. The molecule has 1 aromatic carbocycles. The molecule has 3 N–H and O–H groups in total. The Morgan fingerprint density at radius 1 is 1.20 bits per heavy atom. The molecule has 30 heavy (non-hydrogen) atoms. The quantitative estimate of drug-likeness (QED) is 0.529. The van der Waals surface area contributed by atoms with Crippen LogP contribution >= 0.6 is 0 Å². The van der Waals surface area contributed by atoms with Crippen molar-refractivity contribution >= 4 is 27.9 Å². The number of sulfonamides is 1. The van der Waals surface area contributed by atoms with Crippen molar-refractivity contribution in [2.45, 2.75) is 37.2 Å². The number of benzene rings is 1. The molecule has 0 spiro atoms. The number of aryl methyl sites for hydroxylation is 1. The molecular weight excluding hydrogens is 414 g/mol. The molecule has 3 amide bonds. The molecule has 1 aliphatic rings. The van der Waals surface area contributed by atoms with E-state index in [1.165, 1.54) is 24.5 Å². The highest BCUT2D eigenvalue weighted by Gasteiger charge is 2.24. The van der Waals surface area contributed by atoms with Crippen LogP contribution in [0.1, 0.15) is 34.5 Å². The Morgan fingerprint density at radius 2 is 1.97 bits per heavy atom. The van der Waals surface area contributed by atoms with Crippen LogP contribution in [0.4, 0.5) is 4.79 Å². The van der Waals surface area contributed by atoms with Crippen molar-refractivity contribution in [1.82, 2.24) is 15.4 Å². The first-order valence-electron chi connectivity index (χ1n) is 9.15. The van der Waals surface area contributed by atoms with Crippen LogP contribution in [0, 0.1) is 6.92 Å². The van der Waals surface area contributed by atoms with E-state index < -0.39 is 34.5 Å². The minimum Gasteiger partial charge on any atom is -0.468 e. The molecule has 11 heteroatoms. The van der Waals surface area contributed by atoms with Crippen molar-refractivity contribution in [1.29, 1.82) is 0 Å². The Bertz CT molecular complexity index is 1040. The molecule has 160 valence electrons. The highest BCUT2D eigenvalue weighted by molar-refractivity contribution is 7.89. The third kappa shape index (κ3) is 5.91. The highest BCUT2D eigenvalue weighted by Crippen LogP contribution is 2.18. The molecule has 1 fully saturated rings. The van der Waals surface area contributed by atoms with E-state index in [1.54, 1.807) is 19.1 Å². The lowest BCUT2D eigenvalue weighted by Crippen LogP contribution is -2.42. The lowest BCUT2D eigenvalue weighted by molar-refractivity contribution is -0.123. The number of carbonyl (C=O) groups excluding carboxylic acids is 3. The van der Waals surface area contributed by atoms with Crippen LogP contribution in [-0.4, -0.2) is 39.0 Å². The van der Waals surface area contributed by atoms with Crippen LogP contribution in [0.15, 0.2) is 45.9 Å². The molecule has 0 radical (unpaired) electrons. The molecule has 2 aromatic rings. The van der Waals surface area contributed by atoms with Gasteiger partial charge in [0, 0.05) is 6.04 Å². The topological polar surface area (TPSA) is 144 Å². The number of hydrogen-bond donors (Lipinski definition) is 3. The van der Waals surface area contributed by atoms with E-state index in [-0.39, 0.29) is 23.0 Å². The largest absolute Gasteiger partial charge is 0.468 e. The van der Waals surface area contributed by atoms with Crippen LogP contribution in [0.3, 0.4) is 0 Å². The molecule has 10 nitrogen and oxygen atoms in total. The fourth-order valence-corrected chi connectivity index (χ4v) is 3.49. The summed E-state index contributed by atoms with van der Waals surface area (Å²) in [4.78, 5) is 35.4. The molecule has 1 aromatic heterocycles. The maximum atomic E-state index is 12.5. The standard InChI is InChI=1S/C19H21N3O7S/c1-12-4-7-15(30(26,27)20-10-14-3-2-8-28-14)9-16(12)18(24)29-11-17(23)22-19(25)21-13-5-6-13/h2-4,7-9,13,20H,5-6,10-11H2,1H3,(H2,21,22,23,25). The van der Waals surface area contributed by atoms with Crippen molar-refractivity contribution in [3.05, 3.63) is 53.5 Å². The molecule has 0 atom stereocenters. The number of amides is 3. The Balaban J connectivity index is 1.59. The Labute approximate surface area is 173 Å². The van der Waals surface area contributed by atoms with Gasteiger partial charge < -0.3 is 14.5 Å². The SMILES string of the molecule is Cc1ccc(S(=O)(=O)NCc2ccco2)cc1C(=O)OCC(=O)NC(=O)NC1CC1. The van der Waals surface area contributed by atoms with E-state index in [4.69, 9.17) is 9.15 Å². The van der Waals surface area contributed by atoms with Gasteiger partial charge in [-0.1, -0.05) is 6.07 Å². The molecule has 0 unspecified atom stereocenters. The Hall–Kier alpha value is -3.18. The van der Waals surface area contributed by atoms with Crippen molar-refractivity contribution in [2.24, 2.45) is 0 Å². The van der Waals surface area contributed by atoms with Crippen molar-refractivity contribution in [2.75, 3.05) is 6.61 Å². The Kier molecular flexibility index (Phi) is 6.53. The van der Waals surface area contributed by atoms with Crippen molar-refractivity contribution < 1.29 is 32.0 Å². The van der Waals surface area contributed by atoms with Crippen LogP contribution in [0.25, 0.3) is 0 Å². The average Bonchev–Trinajstić information content (AvgIpc) is 3.34. The highest BCUT2D eigenvalue weighted by atomic mass is 32.2. The minimum absolute atomic E-state index is 0.00824. The fourth-order valence-electron chi connectivity index (χ4n) is 2.47. The van der Waals surface area contributed by atoms with E-state index in [9.17, 15) is 22.8 Å². The van der Waals surface area contributed by atoms with Gasteiger partial charge in [-0.15, -0.1) is 0 Å². The summed E-state index contributed by atoms with van der Waals surface area (Å²) in [5.74, 6) is -1.24. The summed E-state index contributed by atoms with van der Waals surface area (Å²) in [6, 6.07) is 6.66. The summed E-state index contributed by atoms with van der Waals surface area (Å²) >= 11 is 0. The number of furan rings is 1. The van der Waals surface area contributed by atoms with Gasteiger partial charge in [0.25, 0.3) is 5.91 Å². The number of rotatable bonds is 8. The number of esters is 1. The zero-order valence-corrected chi connectivity index (χ0v) is 17.0. The lowest BCUT2D eigenvalue weighted by atomic mass is 10.1. The van der Waals surface area contributed by atoms with Crippen LogP contribution < -0.4 is 15.4 Å². The van der Waals surface area contributed by atoms with E-state index in [1.807, 2.05) is 0 Å². The summed E-state index contributed by atoms with van der Waals surface area (Å²) in [7, 11) is -3.91. The summed E-state index contributed by atoms with van der Waals surface area (Å²) in [5, 5.41) is 4.63. The summed E-state index contributed by atoms with van der Waals surface area (Å²) in [6.45, 7) is 0.878. The second kappa shape index (κ2) is 9.09. The van der Waals surface area contributed by atoms with E-state index in [0.29, 0.717) is 11.3 Å². The predicted molar refractivity (Wildman–Crippen MR) is 104 cm³/mol.